The van der Waals surface area contributed by atoms with Gasteiger partial charge >= 0.3 is 0 Å². The molecule has 4 nitrogen and oxygen atoms in total. The second kappa shape index (κ2) is 4.98. The summed E-state index contributed by atoms with van der Waals surface area (Å²) in [4.78, 5) is 12.8. The van der Waals surface area contributed by atoms with Crippen LogP contribution in [-0.4, -0.2) is 17.5 Å². The number of aryl methyl sites for hydroxylation is 1. The number of nitrogens with zero attached hydrogens (tertiary/aromatic N) is 1. The SMILES string of the molecule is COc1ccc(N)c(C(=O)c2cn(C)c3ccccc23)c1. The van der Waals surface area contributed by atoms with Crippen LogP contribution in [0, 0.1) is 0 Å². The van der Waals surface area contributed by atoms with Crippen LogP contribution in [-0.2, 0) is 7.05 Å². The fourth-order valence-corrected chi connectivity index (χ4v) is 2.53. The number of fused-ring (bicyclic) bond motifs is 1. The summed E-state index contributed by atoms with van der Waals surface area (Å²) in [5.41, 5.74) is 8.53. The Morgan fingerprint density at radius 2 is 1.90 bits per heavy atom. The van der Waals surface area contributed by atoms with Gasteiger partial charge in [0, 0.05) is 41.0 Å². The first-order chi connectivity index (χ1) is 10.1. The van der Waals surface area contributed by atoms with E-state index in [2.05, 4.69) is 0 Å². The Kier molecular flexibility index (Phi) is 3.14. The lowest BCUT2D eigenvalue weighted by molar-refractivity contribution is 0.104. The van der Waals surface area contributed by atoms with E-state index in [1.165, 1.54) is 0 Å². The third-order valence-electron chi connectivity index (χ3n) is 3.65. The van der Waals surface area contributed by atoms with Crippen molar-refractivity contribution in [3.63, 3.8) is 0 Å². The van der Waals surface area contributed by atoms with E-state index in [9.17, 15) is 4.79 Å². The number of carbonyl (C=O) groups excluding carboxylic acids is 1. The third kappa shape index (κ3) is 2.14. The fourth-order valence-electron chi connectivity index (χ4n) is 2.53. The van der Waals surface area contributed by atoms with Crippen LogP contribution in [0.4, 0.5) is 5.69 Å². The number of hydrogen-bond donors (Lipinski definition) is 1. The van der Waals surface area contributed by atoms with Crippen LogP contribution >= 0.6 is 0 Å². The zero-order chi connectivity index (χ0) is 15.0. The second-order valence-electron chi connectivity index (χ2n) is 4.95. The minimum absolute atomic E-state index is 0.0943. The normalized spacial score (nSPS) is 10.8. The number of benzene rings is 2. The minimum atomic E-state index is -0.0943. The first kappa shape index (κ1) is 13.2. The monoisotopic (exact) mass is 280 g/mol. The molecule has 0 atom stereocenters. The molecular weight excluding hydrogens is 264 g/mol. The smallest absolute Gasteiger partial charge is 0.197 e. The van der Waals surface area contributed by atoms with E-state index in [0.717, 1.165) is 10.9 Å². The van der Waals surface area contributed by atoms with Gasteiger partial charge in [0.25, 0.3) is 0 Å². The molecule has 0 fully saturated rings. The van der Waals surface area contributed by atoms with E-state index < -0.39 is 0 Å². The molecule has 0 radical (unpaired) electrons. The number of nitrogens with two attached hydrogens (primary N) is 1. The molecular formula is C17H16N2O2. The Morgan fingerprint density at radius 3 is 2.67 bits per heavy atom. The van der Waals surface area contributed by atoms with Gasteiger partial charge in [-0.2, -0.15) is 0 Å². The van der Waals surface area contributed by atoms with Crippen molar-refractivity contribution in [3.05, 3.63) is 59.8 Å². The lowest BCUT2D eigenvalue weighted by Gasteiger charge is -2.07. The van der Waals surface area contributed by atoms with E-state index in [1.807, 2.05) is 42.1 Å². The highest BCUT2D eigenvalue weighted by atomic mass is 16.5. The first-order valence-electron chi connectivity index (χ1n) is 6.64. The van der Waals surface area contributed by atoms with Crippen molar-refractivity contribution in [2.24, 2.45) is 7.05 Å². The molecule has 0 aliphatic carbocycles. The van der Waals surface area contributed by atoms with Gasteiger partial charge in [-0.1, -0.05) is 18.2 Å². The molecule has 3 rings (SSSR count). The predicted octanol–water partition coefficient (Wildman–Crippen LogP) is 3.00. The molecule has 0 aliphatic rings. The number of anilines is 1. The molecule has 1 aromatic heterocycles. The molecule has 106 valence electrons. The van der Waals surface area contributed by atoms with Gasteiger partial charge in [0.1, 0.15) is 5.75 Å². The summed E-state index contributed by atoms with van der Waals surface area (Å²) in [6.45, 7) is 0. The van der Waals surface area contributed by atoms with Crippen molar-refractivity contribution in [1.29, 1.82) is 0 Å². The number of carbonyl (C=O) groups is 1. The van der Waals surface area contributed by atoms with Gasteiger partial charge in [-0.25, -0.2) is 0 Å². The summed E-state index contributed by atoms with van der Waals surface area (Å²) < 4.78 is 7.12. The van der Waals surface area contributed by atoms with E-state index in [4.69, 9.17) is 10.5 Å². The fraction of sp³-hybridized carbons (Fsp3) is 0.118. The van der Waals surface area contributed by atoms with Crippen LogP contribution in [0.25, 0.3) is 10.9 Å². The Bertz CT molecular complexity index is 834. The second-order valence-corrected chi connectivity index (χ2v) is 4.95. The number of ketones is 1. The molecule has 2 N–H and O–H groups in total. The number of aromatic nitrogens is 1. The molecule has 3 aromatic rings. The van der Waals surface area contributed by atoms with Crippen molar-refractivity contribution in [1.82, 2.24) is 4.57 Å². The van der Waals surface area contributed by atoms with Gasteiger partial charge in [0.15, 0.2) is 5.78 Å². The van der Waals surface area contributed by atoms with Crippen LogP contribution in [0.3, 0.4) is 0 Å². The van der Waals surface area contributed by atoms with Crippen LogP contribution in [0.2, 0.25) is 0 Å². The topological polar surface area (TPSA) is 57.2 Å². The number of nitrogen functional groups attached to an aromatic ring is 1. The number of para-hydroxylation sites is 1. The van der Waals surface area contributed by atoms with E-state index >= 15 is 0 Å². The number of methoxy groups -OCH3 is 1. The standard InChI is InChI=1S/C17H16N2O2/c1-19-10-14(12-5-3-4-6-16(12)19)17(20)13-9-11(21-2)7-8-15(13)18/h3-10H,18H2,1-2H3. The lowest BCUT2D eigenvalue weighted by Crippen LogP contribution is -2.05. The molecule has 0 aliphatic heterocycles. The molecule has 0 saturated carbocycles. The maximum Gasteiger partial charge on any atom is 0.197 e. The molecule has 1 heterocycles. The summed E-state index contributed by atoms with van der Waals surface area (Å²) in [5.74, 6) is 0.524. The number of rotatable bonds is 3. The van der Waals surface area contributed by atoms with Gasteiger partial charge in [0.05, 0.1) is 7.11 Å². The van der Waals surface area contributed by atoms with E-state index in [0.29, 0.717) is 22.6 Å². The molecule has 0 unspecified atom stereocenters. The highest BCUT2D eigenvalue weighted by Gasteiger charge is 2.18. The van der Waals surface area contributed by atoms with Crippen molar-refractivity contribution < 1.29 is 9.53 Å². The molecule has 0 bridgehead atoms. The van der Waals surface area contributed by atoms with Crippen LogP contribution in [0.1, 0.15) is 15.9 Å². The van der Waals surface area contributed by atoms with Crippen LogP contribution in [0.15, 0.2) is 48.7 Å². The van der Waals surface area contributed by atoms with Crippen LogP contribution < -0.4 is 10.5 Å². The largest absolute Gasteiger partial charge is 0.497 e. The minimum Gasteiger partial charge on any atom is -0.497 e. The number of ether oxygens (including phenoxy) is 1. The highest BCUT2D eigenvalue weighted by molar-refractivity contribution is 6.18. The molecule has 0 saturated heterocycles. The average molecular weight is 280 g/mol. The Morgan fingerprint density at radius 1 is 1.14 bits per heavy atom. The lowest BCUT2D eigenvalue weighted by atomic mass is 10.0. The van der Waals surface area contributed by atoms with E-state index in [1.54, 1.807) is 25.3 Å². The summed E-state index contributed by atoms with van der Waals surface area (Å²) in [6, 6.07) is 12.9. The maximum atomic E-state index is 12.8. The number of hydrogen-bond acceptors (Lipinski definition) is 3. The molecule has 0 spiro atoms. The Balaban J connectivity index is 2.17. The summed E-state index contributed by atoms with van der Waals surface area (Å²) >= 11 is 0. The van der Waals surface area contributed by atoms with Gasteiger partial charge in [-0.3, -0.25) is 4.79 Å². The van der Waals surface area contributed by atoms with Crippen molar-refractivity contribution in [3.8, 4) is 5.75 Å². The highest BCUT2D eigenvalue weighted by Crippen LogP contribution is 2.27. The van der Waals surface area contributed by atoms with Gasteiger partial charge in [-0.15, -0.1) is 0 Å². The average Bonchev–Trinajstić information content (AvgIpc) is 2.85. The van der Waals surface area contributed by atoms with E-state index in [-0.39, 0.29) is 5.78 Å². The quantitative estimate of drug-likeness (QED) is 0.592. The maximum absolute atomic E-state index is 12.8. The van der Waals surface area contributed by atoms with Crippen LogP contribution in [0.5, 0.6) is 5.75 Å². The molecule has 0 amide bonds. The molecule has 4 heteroatoms. The first-order valence-corrected chi connectivity index (χ1v) is 6.64. The summed E-state index contributed by atoms with van der Waals surface area (Å²) in [5, 5.41) is 0.923. The Hall–Kier alpha value is -2.75. The molecule has 21 heavy (non-hydrogen) atoms. The summed E-state index contributed by atoms with van der Waals surface area (Å²) in [6.07, 6.45) is 1.84. The van der Waals surface area contributed by atoms with Crippen molar-refractivity contribution >= 4 is 22.4 Å². The molecule has 2 aromatic carbocycles. The van der Waals surface area contributed by atoms with Gasteiger partial charge < -0.3 is 15.0 Å². The zero-order valence-electron chi connectivity index (χ0n) is 12.0. The predicted molar refractivity (Wildman–Crippen MR) is 83.8 cm³/mol. The van der Waals surface area contributed by atoms with Crippen molar-refractivity contribution in [2.75, 3.05) is 12.8 Å². The summed E-state index contributed by atoms with van der Waals surface area (Å²) in [7, 11) is 3.49. The van der Waals surface area contributed by atoms with Gasteiger partial charge in [-0.05, 0) is 24.3 Å². The van der Waals surface area contributed by atoms with Gasteiger partial charge in [0.2, 0.25) is 0 Å². The zero-order valence-corrected chi connectivity index (χ0v) is 12.0. The third-order valence-corrected chi connectivity index (χ3v) is 3.65. The Labute approximate surface area is 122 Å². The van der Waals surface area contributed by atoms with Crippen molar-refractivity contribution in [2.45, 2.75) is 0 Å².